The molecule has 0 aromatic heterocycles. The van der Waals surface area contributed by atoms with Gasteiger partial charge in [-0.1, -0.05) is 225 Å². The van der Waals surface area contributed by atoms with Gasteiger partial charge in [-0.05, 0) is 96.3 Å². The smallest absolute Gasteiger partial charge is 0.220 e. The minimum Gasteiger partial charge on any atom is -0.394 e. The summed E-state index contributed by atoms with van der Waals surface area (Å²) in [6, 6.07) is -0.644. The summed E-state index contributed by atoms with van der Waals surface area (Å²) >= 11 is 0. The molecule has 0 radical (unpaired) electrons. The van der Waals surface area contributed by atoms with E-state index in [0.29, 0.717) is 6.42 Å². The maximum atomic E-state index is 12.3. The quantitative estimate of drug-likeness (QED) is 0.0424. The molecule has 0 aliphatic heterocycles. The van der Waals surface area contributed by atoms with Crippen LogP contribution in [-0.4, -0.2) is 34.9 Å². The lowest BCUT2D eigenvalue weighted by Gasteiger charge is -2.19. The molecule has 0 bridgehead atoms. The molecule has 0 heterocycles. The van der Waals surface area contributed by atoms with Gasteiger partial charge in [0.25, 0.3) is 0 Å². The zero-order valence-electron chi connectivity index (χ0n) is 38.7. The average molecular weight is 826 g/mol. The molecule has 0 aromatic rings. The van der Waals surface area contributed by atoms with E-state index in [9.17, 15) is 15.0 Å². The Kier molecular flexibility index (Phi) is 47.0. The highest BCUT2D eigenvalue weighted by Gasteiger charge is 2.17. The van der Waals surface area contributed by atoms with E-state index in [1.54, 1.807) is 6.08 Å². The van der Waals surface area contributed by atoms with E-state index in [-0.39, 0.29) is 12.5 Å². The molecule has 4 heteroatoms. The monoisotopic (exact) mass is 826 g/mol. The molecule has 3 N–H and O–H groups in total. The van der Waals surface area contributed by atoms with Crippen LogP contribution in [0.1, 0.15) is 194 Å². The first kappa shape index (κ1) is 56.5. The molecule has 0 saturated carbocycles. The predicted molar refractivity (Wildman–Crippen MR) is 266 cm³/mol. The van der Waals surface area contributed by atoms with Crippen LogP contribution < -0.4 is 5.32 Å². The molecule has 2 atom stereocenters. The van der Waals surface area contributed by atoms with Crippen LogP contribution in [-0.2, 0) is 4.79 Å². The standard InChI is InChI=1S/C56H91NO3/c1-3-5-7-9-11-12-13-14-15-16-17-18-19-20-21-22-23-24-25-26-27-28-29-30-31-32-33-34-35-36-37-38-39-40-41-42-43-44-46-48-50-52-56(60)57-54(53-58)55(59)51-49-47-45-10-8-6-4-2/h5,7-8,10-12,14-15,17-18,20-21,23-24,26-27,29-30,32-33,49,51,54-55,58-59H,3-4,6,9,13,16,19,22,25,28,31,34-48,50,52-53H2,1-2H3,(H,57,60)/b7-5-,10-8+,12-11-,15-14-,18-17-,21-20-,24-23-,27-26-,30-29-,33-32-,51-49+. The molecule has 0 aromatic carbocycles. The van der Waals surface area contributed by atoms with Crippen molar-refractivity contribution < 1.29 is 15.0 Å². The van der Waals surface area contributed by atoms with Crippen LogP contribution in [0.4, 0.5) is 0 Å². The lowest BCUT2D eigenvalue weighted by atomic mass is 10.0. The van der Waals surface area contributed by atoms with Crippen molar-refractivity contribution in [1.29, 1.82) is 0 Å². The van der Waals surface area contributed by atoms with Gasteiger partial charge in [-0.25, -0.2) is 0 Å². The average Bonchev–Trinajstić information content (AvgIpc) is 3.25. The second-order valence-corrected chi connectivity index (χ2v) is 15.8. The van der Waals surface area contributed by atoms with Crippen LogP contribution in [0.15, 0.2) is 134 Å². The van der Waals surface area contributed by atoms with Gasteiger partial charge in [0.1, 0.15) is 0 Å². The van der Waals surface area contributed by atoms with Gasteiger partial charge in [-0.3, -0.25) is 4.79 Å². The lowest BCUT2D eigenvalue weighted by Crippen LogP contribution is -2.45. The van der Waals surface area contributed by atoms with E-state index in [1.165, 1.54) is 77.0 Å². The highest BCUT2D eigenvalue weighted by molar-refractivity contribution is 5.76. The Balaban J connectivity index is 3.56. The maximum absolute atomic E-state index is 12.3. The van der Waals surface area contributed by atoms with E-state index in [0.717, 1.165) is 96.3 Å². The number of allylic oxidation sites excluding steroid dienone is 21. The Morgan fingerprint density at radius 1 is 0.417 bits per heavy atom. The van der Waals surface area contributed by atoms with E-state index >= 15 is 0 Å². The lowest BCUT2D eigenvalue weighted by molar-refractivity contribution is -0.123. The summed E-state index contributed by atoms with van der Waals surface area (Å²) in [6.07, 6.45) is 78.9. The summed E-state index contributed by atoms with van der Waals surface area (Å²) < 4.78 is 0. The minimum absolute atomic E-state index is 0.0864. The summed E-state index contributed by atoms with van der Waals surface area (Å²) in [7, 11) is 0. The molecule has 0 aliphatic rings. The molecule has 338 valence electrons. The number of amides is 1. The number of aliphatic hydroxyl groups excluding tert-OH is 2. The summed E-state index contributed by atoms with van der Waals surface area (Å²) in [6.45, 7) is 4.06. The SMILES string of the molecule is CC/C=C\C/C=C\C/C=C\C/C=C\C/C=C\C/C=C\C/C=C\C/C=C\C/C=C\CCCCCCCCCCCCCCCC(=O)NC(CO)C(O)/C=C/CC/C=C/CCC. The van der Waals surface area contributed by atoms with Crippen LogP contribution in [0.2, 0.25) is 0 Å². The van der Waals surface area contributed by atoms with E-state index in [4.69, 9.17) is 0 Å². The van der Waals surface area contributed by atoms with E-state index in [1.807, 2.05) is 6.08 Å². The number of hydrogen-bond acceptors (Lipinski definition) is 3. The van der Waals surface area contributed by atoms with Crippen molar-refractivity contribution in [3.05, 3.63) is 134 Å². The molecular weight excluding hydrogens is 735 g/mol. The topological polar surface area (TPSA) is 69.6 Å². The van der Waals surface area contributed by atoms with E-state index < -0.39 is 12.1 Å². The maximum Gasteiger partial charge on any atom is 0.220 e. The molecule has 0 fully saturated rings. The molecule has 1 amide bonds. The number of nitrogens with one attached hydrogen (secondary N) is 1. The Morgan fingerprint density at radius 3 is 1.15 bits per heavy atom. The van der Waals surface area contributed by atoms with Crippen molar-refractivity contribution >= 4 is 5.91 Å². The number of carbonyl (C=O) groups is 1. The third-order valence-electron chi connectivity index (χ3n) is 10.1. The molecule has 0 rings (SSSR count). The summed E-state index contributed by atoms with van der Waals surface area (Å²) in [5.74, 6) is -0.0864. The highest BCUT2D eigenvalue weighted by Crippen LogP contribution is 2.14. The minimum atomic E-state index is -0.866. The van der Waals surface area contributed by atoms with Gasteiger partial charge in [0, 0.05) is 6.42 Å². The second kappa shape index (κ2) is 49.9. The Hall–Kier alpha value is -3.47. The van der Waals surface area contributed by atoms with Crippen LogP contribution >= 0.6 is 0 Å². The fourth-order valence-electron chi connectivity index (χ4n) is 6.43. The second-order valence-electron chi connectivity index (χ2n) is 15.8. The van der Waals surface area contributed by atoms with E-state index in [2.05, 4.69) is 141 Å². The van der Waals surface area contributed by atoms with Crippen molar-refractivity contribution in [3.8, 4) is 0 Å². The van der Waals surface area contributed by atoms with Gasteiger partial charge < -0.3 is 15.5 Å². The molecule has 2 unspecified atom stereocenters. The first-order valence-corrected chi connectivity index (χ1v) is 24.4. The first-order valence-electron chi connectivity index (χ1n) is 24.4. The van der Waals surface area contributed by atoms with Gasteiger partial charge in [0.2, 0.25) is 5.91 Å². The molecule has 60 heavy (non-hydrogen) atoms. The molecule has 0 spiro atoms. The summed E-state index contributed by atoms with van der Waals surface area (Å²) in [5, 5.41) is 22.7. The highest BCUT2D eigenvalue weighted by atomic mass is 16.3. The predicted octanol–water partition coefficient (Wildman–Crippen LogP) is 15.9. The largest absolute Gasteiger partial charge is 0.394 e. The first-order chi connectivity index (χ1) is 29.7. The Morgan fingerprint density at radius 2 is 0.750 bits per heavy atom. The van der Waals surface area contributed by atoms with Crippen LogP contribution in [0.25, 0.3) is 0 Å². The fourth-order valence-corrected chi connectivity index (χ4v) is 6.43. The Labute approximate surface area is 371 Å². The normalized spacial score (nSPS) is 14.1. The third kappa shape index (κ3) is 45.6. The van der Waals surface area contributed by atoms with Crippen LogP contribution in [0, 0.1) is 0 Å². The van der Waals surface area contributed by atoms with Crippen LogP contribution in [0.3, 0.4) is 0 Å². The molecule has 0 saturated heterocycles. The molecule has 4 nitrogen and oxygen atoms in total. The van der Waals surface area contributed by atoms with Crippen molar-refractivity contribution in [1.82, 2.24) is 5.32 Å². The van der Waals surface area contributed by atoms with Gasteiger partial charge in [-0.2, -0.15) is 0 Å². The molecule has 0 aliphatic carbocycles. The zero-order valence-corrected chi connectivity index (χ0v) is 38.7. The van der Waals surface area contributed by atoms with Gasteiger partial charge in [0.05, 0.1) is 18.8 Å². The number of rotatable bonds is 42. The van der Waals surface area contributed by atoms with Crippen molar-refractivity contribution in [2.24, 2.45) is 0 Å². The van der Waals surface area contributed by atoms with Crippen LogP contribution in [0.5, 0.6) is 0 Å². The van der Waals surface area contributed by atoms with Crippen molar-refractivity contribution in [2.45, 2.75) is 206 Å². The number of unbranched alkanes of at least 4 members (excludes halogenated alkanes) is 15. The molecular formula is C56H91NO3. The van der Waals surface area contributed by atoms with Gasteiger partial charge in [0.15, 0.2) is 0 Å². The summed E-state index contributed by atoms with van der Waals surface area (Å²) in [4.78, 5) is 12.3. The van der Waals surface area contributed by atoms with Crippen molar-refractivity contribution in [2.75, 3.05) is 6.61 Å². The number of aliphatic hydroxyl groups is 2. The van der Waals surface area contributed by atoms with Crippen molar-refractivity contribution in [3.63, 3.8) is 0 Å². The third-order valence-corrected chi connectivity index (χ3v) is 10.1. The summed E-state index contributed by atoms with van der Waals surface area (Å²) in [5.41, 5.74) is 0. The fraction of sp³-hybridized carbons (Fsp3) is 0.589. The Bertz CT molecular complexity index is 1260. The number of hydrogen-bond donors (Lipinski definition) is 3. The number of carbonyl (C=O) groups excluding carboxylic acids is 1. The van der Waals surface area contributed by atoms with Gasteiger partial charge >= 0.3 is 0 Å². The van der Waals surface area contributed by atoms with Gasteiger partial charge in [-0.15, -0.1) is 0 Å². The zero-order chi connectivity index (χ0) is 43.5.